The van der Waals surface area contributed by atoms with Crippen LogP contribution in [0.3, 0.4) is 0 Å². The van der Waals surface area contributed by atoms with Gasteiger partial charge in [-0.1, -0.05) is 152 Å². The van der Waals surface area contributed by atoms with Crippen molar-refractivity contribution in [2.24, 2.45) is 0 Å². The van der Waals surface area contributed by atoms with Crippen molar-refractivity contribution in [2.75, 3.05) is 0 Å². The van der Waals surface area contributed by atoms with Crippen molar-refractivity contribution < 1.29 is 0 Å². The van der Waals surface area contributed by atoms with Gasteiger partial charge in [-0.15, -0.1) is 0 Å². The smallest absolute Gasteiger partial charge is 0.0992 e. The average molecular weight is 721 g/mol. The zero-order valence-corrected chi connectivity index (χ0v) is 30.9. The maximum absolute atomic E-state index is 10.0. The molecular weight excluding hydrogens is 689 g/mol. The molecule has 0 amide bonds. The second-order valence-electron chi connectivity index (χ2n) is 15.1. The first-order chi connectivity index (χ1) is 28.2. The summed E-state index contributed by atoms with van der Waals surface area (Å²) in [7, 11) is 0. The van der Waals surface area contributed by atoms with Gasteiger partial charge in [0.05, 0.1) is 22.7 Å². The topological polar surface area (TPSA) is 28.7 Å². The number of nitriles is 1. The monoisotopic (exact) mass is 720 g/mol. The Hall–Kier alpha value is -7.73. The van der Waals surface area contributed by atoms with Crippen LogP contribution < -0.4 is 0 Å². The molecule has 0 bridgehead atoms. The first kappa shape index (κ1) is 31.6. The molecule has 0 unspecified atom stereocenters. The van der Waals surface area contributed by atoms with Crippen LogP contribution in [0.15, 0.2) is 194 Å². The SMILES string of the molecule is N#Cc1cc2ccc3cc(-c4ccc5c(-c6cccc7ccccc67)c6ccccc6c(-c6cccc7ccccc67)c5c4)cc4c3c2c(c1)n4-c1ccccc1. The minimum absolute atomic E-state index is 0.663. The predicted molar refractivity (Wildman–Crippen MR) is 241 cm³/mol. The van der Waals surface area contributed by atoms with Gasteiger partial charge in [-0.2, -0.15) is 5.26 Å². The van der Waals surface area contributed by atoms with E-state index in [1.54, 1.807) is 0 Å². The standard InChI is InChI=1S/C55H32N2/c56-33-34-28-38-24-25-39-30-40(32-51-53(39)52(38)50(29-34)57(51)41-16-2-1-3-17-41)37-26-27-48-49(31-37)55(45-23-11-15-36-13-5-7-19-43(36)45)47-21-9-8-20-46(47)54(48)44-22-10-14-35-12-4-6-18-42(35)44/h1-32H. The second-order valence-corrected chi connectivity index (χ2v) is 15.1. The molecule has 2 heteroatoms. The lowest BCUT2D eigenvalue weighted by molar-refractivity contribution is 1.18. The first-order valence-corrected chi connectivity index (χ1v) is 19.5. The van der Waals surface area contributed by atoms with Crippen molar-refractivity contribution in [3.63, 3.8) is 0 Å². The van der Waals surface area contributed by atoms with Crippen molar-refractivity contribution in [2.45, 2.75) is 0 Å². The Morgan fingerprint density at radius 3 is 1.53 bits per heavy atom. The molecule has 262 valence electrons. The molecule has 0 aliphatic rings. The summed E-state index contributed by atoms with van der Waals surface area (Å²) in [5.41, 5.74) is 11.2. The van der Waals surface area contributed by atoms with E-state index >= 15 is 0 Å². The maximum atomic E-state index is 10.0. The largest absolute Gasteiger partial charge is 0.309 e. The normalized spacial score (nSPS) is 11.8. The van der Waals surface area contributed by atoms with Crippen molar-refractivity contribution in [3.8, 4) is 45.1 Å². The first-order valence-electron chi connectivity index (χ1n) is 19.5. The van der Waals surface area contributed by atoms with Crippen molar-refractivity contribution in [1.82, 2.24) is 4.57 Å². The highest BCUT2D eigenvalue weighted by atomic mass is 15.0. The van der Waals surface area contributed by atoms with Gasteiger partial charge in [-0.05, 0) is 130 Å². The van der Waals surface area contributed by atoms with E-state index in [2.05, 4.69) is 193 Å². The predicted octanol–water partition coefficient (Wildman–Crippen LogP) is 14.9. The molecule has 1 aromatic heterocycles. The molecule has 0 N–H and O–H groups in total. The number of para-hydroxylation sites is 1. The van der Waals surface area contributed by atoms with Gasteiger partial charge in [-0.25, -0.2) is 0 Å². The number of hydrogen-bond donors (Lipinski definition) is 0. The summed E-state index contributed by atoms with van der Waals surface area (Å²) in [6.45, 7) is 0. The molecule has 11 aromatic carbocycles. The highest BCUT2D eigenvalue weighted by Gasteiger charge is 2.22. The molecule has 0 saturated carbocycles. The van der Waals surface area contributed by atoms with Crippen LogP contribution in [0.1, 0.15) is 5.56 Å². The summed E-state index contributed by atoms with van der Waals surface area (Å²) in [6, 6.07) is 73.0. The van der Waals surface area contributed by atoms with Crippen LogP contribution in [-0.4, -0.2) is 4.57 Å². The Bertz CT molecular complexity index is 3630. The fourth-order valence-corrected chi connectivity index (χ4v) is 9.68. The van der Waals surface area contributed by atoms with Crippen LogP contribution in [0.5, 0.6) is 0 Å². The third-order valence-corrected chi connectivity index (χ3v) is 12.1. The van der Waals surface area contributed by atoms with Gasteiger partial charge in [0.25, 0.3) is 0 Å². The molecular formula is C55H32N2. The lowest BCUT2D eigenvalue weighted by atomic mass is 9.83. The number of hydrogen-bond acceptors (Lipinski definition) is 1. The quantitative estimate of drug-likeness (QED) is 0.131. The van der Waals surface area contributed by atoms with E-state index in [-0.39, 0.29) is 0 Å². The summed E-state index contributed by atoms with van der Waals surface area (Å²) >= 11 is 0. The molecule has 1 heterocycles. The third kappa shape index (κ3) is 4.64. The molecule has 0 saturated heterocycles. The highest BCUT2D eigenvalue weighted by Crippen LogP contribution is 2.48. The summed E-state index contributed by atoms with van der Waals surface area (Å²) < 4.78 is 2.34. The average Bonchev–Trinajstić information content (AvgIpc) is 3.61. The zero-order valence-electron chi connectivity index (χ0n) is 30.9. The van der Waals surface area contributed by atoms with E-state index < -0.39 is 0 Å². The van der Waals surface area contributed by atoms with Crippen LogP contribution in [0.25, 0.3) is 115 Å². The van der Waals surface area contributed by atoms with Crippen LogP contribution in [0.4, 0.5) is 0 Å². The van der Waals surface area contributed by atoms with Gasteiger partial charge in [0.2, 0.25) is 0 Å². The van der Waals surface area contributed by atoms with Gasteiger partial charge in [-0.3, -0.25) is 0 Å². The van der Waals surface area contributed by atoms with Crippen LogP contribution >= 0.6 is 0 Å². The van der Waals surface area contributed by atoms with Crippen LogP contribution in [-0.2, 0) is 0 Å². The Kier molecular flexibility index (Phi) is 6.73. The van der Waals surface area contributed by atoms with Crippen LogP contribution in [0.2, 0.25) is 0 Å². The molecule has 0 aliphatic carbocycles. The Morgan fingerprint density at radius 2 is 0.877 bits per heavy atom. The molecule has 0 aliphatic heterocycles. The molecule has 57 heavy (non-hydrogen) atoms. The molecule has 0 fully saturated rings. The third-order valence-electron chi connectivity index (χ3n) is 12.1. The number of nitrogens with zero attached hydrogens (tertiary/aromatic N) is 2. The van der Waals surface area contributed by atoms with Crippen molar-refractivity contribution in [3.05, 3.63) is 200 Å². The summed E-state index contributed by atoms with van der Waals surface area (Å²) in [6.07, 6.45) is 0. The minimum Gasteiger partial charge on any atom is -0.309 e. The Morgan fingerprint density at radius 1 is 0.351 bits per heavy atom. The molecule has 12 aromatic rings. The van der Waals surface area contributed by atoms with Crippen molar-refractivity contribution in [1.29, 1.82) is 5.26 Å². The molecule has 0 radical (unpaired) electrons. The van der Waals surface area contributed by atoms with E-state index in [0.29, 0.717) is 5.56 Å². The molecule has 0 spiro atoms. The number of benzene rings is 11. The van der Waals surface area contributed by atoms with E-state index in [1.807, 2.05) is 12.1 Å². The summed E-state index contributed by atoms with van der Waals surface area (Å²) in [4.78, 5) is 0. The van der Waals surface area contributed by atoms with Gasteiger partial charge in [0.15, 0.2) is 0 Å². The number of rotatable bonds is 4. The second kappa shape index (κ2) is 12.1. The van der Waals surface area contributed by atoms with Gasteiger partial charge >= 0.3 is 0 Å². The van der Waals surface area contributed by atoms with Gasteiger partial charge < -0.3 is 4.57 Å². The summed E-state index contributed by atoms with van der Waals surface area (Å²) in [5, 5.41) is 24.6. The van der Waals surface area contributed by atoms with E-state index in [0.717, 1.165) is 33.2 Å². The van der Waals surface area contributed by atoms with Crippen molar-refractivity contribution >= 4 is 75.7 Å². The molecule has 0 atom stereocenters. The Balaban J connectivity index is 1.21. The summed E-state index contributed by atoms with van der Waals surface area (Å²) in [5.74, 6) is 0. The number of aromatic nitrogens is 1. The number of fused-ring (bicyclic) bond motifs is 4. The van der Waals surface area contributed by atoms with Gasteiger partial charge in [0.1, 0.15) is 0 Å². The van der Waals surface area contributed by atoms with E-state index in [4.69, 9.17) is 0 Å². The lowest BCUT2D eigenvalue weighted by Gasteiger charge is -2.20. The van der Waals surface area contributed by atoms with E-state index in [9.17, 15) is 5.26 Å². The highest BCUT2D eigenvalue weighted by molar-refractivity contribution is 6.27. The minimum atomic E-state index is 0.663. The van der Waals surface area contributed by atoms with Crippen LogP contribution in [0, 0.1) is 11.3 Å². The van der Waals surface area contributed by atoms with E-state index in [1.165, 1.54) is 81.5 Å². The fourth-order valence-electron chi connectivity index (χ4n) is 9.68. The lowest BCUT2D eigenvalue weighted by Crippen LogP contribution is -1.94. The Labute approximate surface area is 329 Å². The zero-order chi connectivity index (χ0) is 37.6. The molecule has 2 nitrogen and oxygen atoms in total. The van der Waals surface area contributed by atoms with Gasteiger partial charge in [0, 0.05) is 16.5 Å². The fraction of sp³-hybridized carbons (Fsp3) is 0. The maximum Gasteiger partial charge on any atom is 0.0992 e. The molecule has 12 rings (SSSR count).